The van der Waals surface area contributed by atoms with E-state index in [-0.39, 0.29) is 5.13 Å². The number of aromatic carboxylic acids is 1. The van der Waals surface area contributed by atoms with Gasteiger partial charge in [-0.25, -0.2) is 4.79 Å². The van der Waals surface area contributed by atoms with Crippen LogP contribution in [0.4, 0.5) is 9.52 Å². The van der Waals surface area contributed by atoms with Gasteiger partial charge >= 0.3 is 5.97 Å². The van der Waals surface area contributed by atoms with E-state index in [4.69, 9.17) is 5.11 Å². The Morgan fingerprint density at radius 1 is 1.62 bits per heavy atom. The number of rotatable bonds is 2. The number of aromatic nitrogens is 1. The topological polar surface area (TPSA) is 79.3 Å². The molecule has 1 rings (SSSR count). The van der Waals surface area contributed by atoms with Crippen molar-refractivity contribution in [2.75, 3.05) is 5.32 Å². The van der Waals surface area contributed by atoms with Crippen LogP contribution in [0.25, 0.3) is 0 Å². The summed E-state index contributed by atoms with van der Waals surface area (Å²) >= 11 is 0.578. The number of carboxylic acids is 1. The number of nitrogens with zero attached hydrogens (tertiary/aromatic N) is 1. The average Bonchev–Trinajstić information content (AvgIpc) is 2.29. The minimum absolute atomic E-state index is 0.0533. The van der Waals surface area contributed by atoms with Crippen molar-refractivity contribution in [3.63, 3.8) is 0 Å². The van der Waals surface area contributed by atoms with Gasteiger partial charge in [0.2, 0.25) is 11.9 Å². The summed E-state index contributed by atoms with van der Waals surface area (Å²) in [5.74, 6) is -2.90. The van der Waals surface area contributed by atoms with Gasteiger partial charge in [-0.1, -0.05) is 11.3 Å². The number of carbonyl (C=O) groups is 2. The average molecular weight is 204 g/mol. The zero-order valence-electron chi connectivity index (χ0n) is 6.50. The number of hydrogen-bond donors (Lipinski definition) is 2. The van der Waals surface area contributed by atoms with E-state index in [0.717, 1.165) is 0 Å². The van der Waals surface area contributed by atoms with Gasteiger partial charge in [-0.3, -0.25) is 4.79 Å². The van der Waals surface area contributed by atoms with Crippen molar-refractivity contribution in [2.45, 2.75) is 6.92 Å². The van der Waals surface area contributed by atoms with Crippen molar-refractivity contribution in [1.29, 1.82) is 0 Å². The summed E-state index contributed by atoms with van der Waals surface area (Å²) in [4.78, 5) is 23.5. The molecule has 1 amide bonds. The highest BCUT2D eigenvalue weighted by Gasteiger charge is 2.17. The molecule has 0 saturated heterocycles. The number of amides is 1. The van der Waals surface area contributed by atoms with E-state index >= 15 is 0 Å². The number of carbonyl (C=O) groups excluding carboxylic acids is 1. The van der Waals surface area contributed by atoms with Crippen molar-refractivity contribution >= 4 is 28.3 Å². The van der Waals surface area contributed by atoms with Crippen LogP contribution >= 0.6 is 11.3 Å². The van der Waals surface area contributed by atoms with Gasteiger partial charge in [-0.2, -0.15) is 9.37 Å². The van der Waals surface area contributed by atoms with Crippen LogP contribution in [0.1, 0.15) is 16.6 Å². The van der Waals surface area contributed by atoms with Crippen LogP contribution in [0, 0.1) is 5.95 Å². The third-order valence-electron chi connectivity index (χ3n) is 1.06. The molecule has 1 heterocycles. The highest BCUT2D eigenvalue weighted by atomic mass is 32.1. The summed E-state index contributed by atoms with van der Waals surface area (Å²) in [7, 11) is 0. The number of anilines is 1. The molecule has 2 N–H and O–H groups in total. The zero-order chi connectivity index (χ0) is 10.0. The third-order valence-corrected chi connectivity index (χ3v) is 2.00. The molecule has 0 unspecified atom stereocenters. The maximum absolute atomic E-state index is 12.7. The Hall–Kier alpha value is -1.50. The minimum Gasteiger partial charge on any atom is -0.477 e. The van der Waals surface area contributed by atoms with Crippen LogP contribution in [-0.4, -0.2) is 22.0 Å². The van der Waals surface area contributed by atoms with E-state index in [1.54, 1.807) is 0 Å². The first-order valence-corrected chi connectivity index (χ1v) is 3.99. The molecule has 0 aliphatic rings. The van der Waals surface area contributed by atoms with E-state index in [2.05, 4.69) is 10.3 Å². The molecule has 70 valence electrons. The Balaban J connectivity index is 2.95. The molecular weight excluding hydrogens is 199 g/mol. The fourth-order valence-corrected chi connectivity index (χ4v) is 1.37. The molecule has 0 radical (unpaired) electrons. The summed E-state index contributed by atoms with van der Waals surface area (Å²) in [5, 5.41) is 10.6. The Bertz CT molecular complexity index is 363. The second kappa shape index (κ2) is 3.48. The summed E-state index contributed by atoms with van der Waals surface area (Å²) in [6.07, 6.45) is 0. The lowest BCUT2D eigenvalue weighted by atomic mass is 10.5. The largest absolute Gasteiger partial charge is 0.477 e. The predicted molar refractivity (Wildman–Crippen MR) is 43.3 cm³/mol. The van der Waals surface area contributed by atoms with Crippen molar-refractivity contribution in [3.8, 4) is 0 Å². The quantitative estimate of drug-likeness (QED) is 0.751. The minimum atomic E-state index is -1.40. The van der Waals surface area contributed by atoms with Gasteiger partial charge in [-0.15, -0.1) is 0 Å². The Kier molecular flexibility index (Phi) is 2.57. The normalized spacial score (nSPS) is 9.69. The van der Waals surface area contributed by atoms with Crippen LogP contribution in [-0.2, 0) is 4.79 Å². The molecule has 1 aromatic rings. The molecule has 0 aromatic carbocycles. The van der Waals surface area contributed by atoms with Gasteiger partial charge in [0, 0.05) is 6.92 Å². The first-order valence-electron chi connectivity index (χ1n) is 3.18. The fourth-order valence-electron chi connectivity index (χ4n) is 0.637. The third kappa shape index (κ3) is 2.22. The van der Waals surface area contributed by atoms with Crippen LogP contribution in [0.3, 0.4) is 0 Å². The summed E-state index contributed by atoms with van der Waals surface area (Å²) in [6, 6.07) is 0. The molecule has 0 saturated carbocycles. The van der Waals surface area contributed by atoms with Gasteiger partial charge in [0.25, 0.3) is 0 Å². The molecule has 13 heavy (non-hydrogen) atoms. The van der Waals surface area contributed by atoms with Gasteiger partial charge in [0.05, 0.1) is 0 Å². The second-order valence-electron chi connectivity index (χ2n) is 2.13. The lowest BCUT2D eigenvalue weighted by Gasteiger charge is -1.91. The van der Waals surface area contributed by atoms with E-state index in [0.29, 0.717) is 11.3 Å². The molecule has 7 heteroatoms. The van der Waals surface area contributed by atoms with Crippen LogP contribution in [0.5, 0.6) is 0 Å². The molecule has 0 spiro atoms. The second-order valence-corrected chi connectivity index (χ2v) is 3.12. The molecule has 0 aliphatic carbocycles. The fraction of sp³-hybridized carbons (Fsp3) is 0.167. The summed E-state index contributed by atoms with van der Waals surface area (Å²) in [6.45, 7) is 1.22. The van der Waals surface area contributed by atoms with Crippen molar-refractivity contribution in [1.82, 2.24) is 4.98 Å². The van der Waals surface area contributed by atoms with Crippen molar-refractivity contribution in [3.05, 3.63) is 10.8 Å². The number of halogens is 1. The molecule has 0 bridgehead atoms. The Labute approximate surface area is 76.2 Å². The molecule has 0 aliphatic heterocycles. The van der Waals surface area contributed by atoms with Crippen molar-refractivity contribution in [2.24, 2.45) is 0 Å². The Morgan fingerprint density at radius 2 is 2.23 bits per heavy atom. The van der Waals surface area contributed by atoms with Gasteiger partial charge in [-0.05, 0) is 0 Å². The smallest absolute Gasteiger partial charge is 0.350 e. The predicted octanol–water partition coefficient (Wildman–Crippen LogP) is 0.939. The Morgan fingerprint density at radius 3 is 2.62 bits per heavy atom. The van der Waals surface area contributed by atoms with Crippen LogP contribution < -0.4 is 5.32 Å². The SMILES string of the molecule is CC(=O)Nc1nc(F)c(C(=O)O)s1. The monoisotopic (exact) mass is 204 g/mol. The van der Waals surface area contributed by atoms with Gasteiger partial charge in [0.15, 0.2) is 10.0 Å². The molecule has 0 atom stereocenters. The zero-order valence-corrected chi connectivity index (χ0v) is 7.31. The number of carboxylic acid groups (broad SMARTS) is 1. The lowest BCUT2D eigenvalue weighted by Crippen LogP contribution is -2.04. The first kappa shape index (κ1) is 9.59. The summed E-state index contributed by atoms with van der Waals surface area (Å²) < 4.78 is 12.7. The van der Waals surface area contributed by atoms with Crippen LogP contribution in [0.2, 0.25) is 0 Å². The lowest BCUT2D eigenvalue weighted by molar-refractivity contribution is -0.114. The molecular formula is C6H5FN2O3S. The highest BCUT2D eigenvalue weighted by molar-refractivity contribution is 7.17. The molecule has 0 fully saturated rings. The van der Waals surface area contributed by atoms with E-state index < -0.39 is 22.7 Å². The van der Waals surface area contributed by atoms with Crippen LogP contribution in [0.15, 0.2) is 0 Å². The standard InChI is InChI=1S/C6H5FN2O3S/c1-2(10)8-6-9-4(7)3(13-6)5(11)12/h1H3,(H,11,12)(H,8,9,10). The molecule has 1 aromatic heterocycles. The number of nitrogens with one attached hydrogen (secondary N) is 1. The van der Waals surface area contributed by atoms with E-state index in [1.165, 1.54) is 6.92 Å². The molecule has 5 nitrogen and oxygen atoms in total. The number of thiazole rings is 1. The van der Waals surface area contributed by atoms with E-state index in [1.807, 2.05) is 0 Å². The maximum atomic E-state index is 12.7. The van der Waals surface area contributed by atoms with Gasteiger partial charge in [0.1, 0.15) is 0 Å². The van der Waals surface area contributed by atoms with Crippen molar-refractivity contribution < 1.29 is 19.1 Å². The maximum Gasteiger partial charge on any atom is 0.350 e. The summed E-state index contributed by atoms with van der Waals surface area (Å²) in [5.41, 5.74) is 0. The van der Waals surface area contributed by atoms with E-state index in [9.17, 15) is 14.0 Å². The number of hydrogen-bond acceptors (Lipinski definition) is 4. The van der Waals surface area contributed by atoms with Gasteiger partial charge < -0.3 is 10.4 Å². The highest BCUT2D eigenvalue weighted by Crippen LogP contribution is 2.21. The first-order chi connectivity index (χ1) is 6.00.